The molecule has 0 aliphatic rings. The molecular formula is C18H17N3O. The number of benzene rings is 2. The van der Waals surface area contributed by atoms with E-state index in [1.54, 1.807) is 7.11 Å². The molecule has 22 heavy (non-hydrogen) atoms. The fraction of sp³-hybridized carbons (Fsp3) is 0.111. The first-order chi connectivity index (χ1) is 10.6. The second-order valence-electron chi connectivity index (χ2n) is 5.07. The van der Waals surface area contributed by atoms with Crippen LogP contribution in [0.5, 0.6) is 5.75 Å². The Morgan fingerprint density at radius 1 is 1.14 bits per heavy atom. The molecule has 110 valence electrons. The number of hydrogen-bond donors (Lipinski definition) is 1. The summed E-state index contributed by atoms with van der Waals surface area (Å²) in [5.74, 6) is 1.37. The van der Waals surface area contributed by atoms with E-state index in [2.05, 4.69) is 16.5 Å². The topological polar surface area (TPSA) is 61.0 Å². The maximum Gasteiger partial charge on any atom is 0.141 e. The number of anilines is 1. The summed E-state index contributed by atoms with van der Waals surface area (Å²) in [5.41, 5.74) is 10.0. The maximum atomic E-state index is 5.99. The van der Waals surface area contributed by atoms with Crippen LogP contribution in [0.25, 0.3) is 16.5 Å². The van der Waals surface area contributed by atoms with Crippen LogP contribution in [-0.4, -0.2) is 17.1 Å². The van der Waals surface area contributed by atoms with Gasteiger partial charge in [0.25, 0.3) is 0 Å². The van der Waals surface area contributed by atoms with E-state index < -0.39 is 0 Å². The fourth-order valence-electron chi connectivity index (χ4n) is 2.48. The fourth-order valence-corrected chi connectivity index (χ4v) is 2.48. The van der Waals surface area contributed by atoms with Gasteiger partial charge in [-0.15, -0.1) is 0 Å². The zero-order valence-electron chi connectivity index (χ0n) is 12.6. The van der Waals surface area contributed by atoms with Crippen LogP contribution in [0.2, 0.25) is 0 Å². The third kappa shape index (κ3) is 2.39. The minimum Gasteiger partial charge on any atom is -0.495 e. The Morgan fingerprint density at radius 3 is 2.64 bits per heavy atom. The van der Waals surface area contributed by atoms with Crippen LogP contribution in [0.3, 0.4) is 0 Å². The van der Waals surface area contributed by atoms with E-state index in [9.17, 15) is 0 Å². The first kappa shape index (κ1) is 14.1. The molecule has 1 aromatic heterocycles. The Morgan fingerprint density at radius 2 is 1.91 bits per heavy atom. The van der Waals surface area contributed by atoms with Gasteiger partial charge in [0.15, 0.2) is 0 Å². The number of hydrogen-bond acceptors (Lipinski definition) is 4. The average molecular weight is 291 g/mol. The van der Waals surface area contributed by atoms with Crippen LogP contribution in [-0.2, 0) is 0 Å². The van der Waals surface area contributed by atoms with E-state index in [1.165, 1.54) is 0 Å². The molecule has 0 spiro atoms. The van der Waals surface area contributed by atoms with Gasteiger partial charge in [0, 0.05) is 11.0 Å². The monoisotopic (exact) mass is 291 g/mol. The zero-order chi connectivity index (χ0) is 15.7. The van der Waals surface area contributed by atoms with Crippen molar-refractivity contribution in [2.45, 2.75) is 6.92 Å². The SMILES string of the molecule is C=C(c1ccc(OC)c(N)c1)c1nc(C)nc2ccccc12. The number of nitrogens with zero attached hydrogens (tertiary/aromatic N) is 2. The molecule has 0 aliphatic carbocycles. The van der Waals surface area contributed by atoms with Gasteiger partial charge >= 0.3 is 0 Å². The van der Waals surface area contributed by atoms with Gasteiger partial charge in [-0.1, -0.05) is 30.8 Å². The number of aryl methyl sites for hydroxylation is 1. The Kier molecular flexibility index (Phi) is 3.51. The summed E-state index contributed by atoms with van der Waals surface area (Å²) in [6, 6.07) is 13.5. The Bertz CT molecular complexity index is 871. The van der Waals surface area contributed by atoms with Crippen LogP contribution in [0, 0.1) is 6.92 Å². The van der Waals surface area contributed by atoms with Crippen molar-refractivity contribution in [1.82, 2.24) is 9.97 Å². The van der Waals surface area contributed by atoms with Crippen molar-refractivity contribution < 1.29 is 4.74 Å². The normalized spacial score (nSPS) is 10.6. The second kappa shape index (κ2) is 5.48. The van der Waals surface area contributed by atoms with Gasteiger partial charge in [0.1, 0.15) is 11.6 Å². The Labute approximate surface area is 129 Å². The first-order valence-electron chi connectivity index (χ1n) is 6.96. The van der Waals surface area contributed by atoms with Crippen molar-refractivity contribution in [2.24, 2.45) is 0 Å². The summed E-state index contributed by atoms with van der Waals surface area (Å²) >= 11 is 0. The van der Waals surface area contributed by atoms with Crippen molar-refractivity contribution in [3.8, 4) is 5.75 Å². The summed E-state index contributed by atoms with van der Waals surface area (Å²) in [7, 11) is 1.60. The Hall–Kier alpha value is -2.88. The molecule has 4 nitrogen and oxygen atoms in total. The van der Waals surface area contributed by atoms with Crippen molar-refractivity contribution in [3.05, 3.63) is 66.1 Å². The lowest BCUT2D eigenvalue weighted by Gasteiger charge is -2.12. The van der Waals surface area contributed by atoms with Crippen LogP contribution >= 0.6 is 0 Å². The molecule has 0 saturated carbocycles. The summed E-state index contributed by atoms with van der Waals surface area (Å²) < 4.78 is 5.19. The van der Waals surface area contributed by atoms with E-state index in [0.717, 1.165) is 33.6 Å². The van der Waals surface area contributed by atoms with E-state index in [4.69, 9.17) is 10.5 Å². The van der Waals surface area contributed by atoms with Gasteiger partial charge in [0.05, 0.1) is 24.0 Å². The highest BCUT2D eigenvalue weighted by Crippen LogP contribution is 2.30. The maximum absolute atomic E-state index is 5.99. The molecule has 0 atom stereocenters. The van der Waals surface area contributed by atoms with E-state index in [-0.39, 0.29) is 0 Å². The molecule has 0 radical (unpaired) electrons. The van der Waals surface area contributed by atoms with Crippen LogP contribution < -0.4 is 10.5 Å². The highest BCUT2D eigenvalue weighted by atomic mass is 16.5. The number of nitrogen functional groups attached to an aromatic ring is 1. The van der Waals surface area contributed by atoms with Gasteiger partial charge in [0.2, 0.25) is 0 Å². The van der Waals surface area contributed by atoms with E-state index in [0.29, 0.717) is 11.4 Å². The van der Waals surface area contributed by atoms with Gasteiger partial charge in [-0.2, -0.15) is 0 Å². The van der Waals surface area contributed by atoms with Crippen LogP contribution in [0.1, 0.15) is 17.1 Å². The standard InChI is InChI=1S/C18H17N3O/c1-11(13-8-9-17(22-3)15(19)10-13)18-14-6-4-5-7-16(14)20-12(2)21-18/h4-10H,1,19H2,2-3H3. The molecule has 1 heterocycles. The molecule has 4 heteroatoms. The van der Waals surface area contributed by atoms with Gasteiger partial charge in [-0.05, 0) is 30.7 Å². The largest absolute Gasteiger partial charge is 0.495 e. The smallest absolute Gasteiger partial charge is 0.141 e. The number of rotatable bonds is 3. The molecule has 2 N–H and O–H groups in total. The summed E-state index contributed by atoms with van der Waals surface area (Å²) in [5, 5.41) is 0.979. The lowest BCUT2D eigenvalue weighted by molar-refractivity contribution is 0.417. The highest BCUT2D eigenvalue weighted by Gasteiger charge is 2.12. The van der Waals surface area contributed by atoms with Crippen LogP contribution in [0.4, 0.5) is 5.69 Å². The van der Waals surface area contributed by atoms with Crippen LogP contribution in [0.15, 0.2) is 49.0 Å². The van der Waals surface area contributed by atoms with Crippen molar-refractivity contribution in [2.75, 3.05) is 12.8 Å². The first-order valence-corrected chi connectivity index (χ1v) is 6.96. The molecule has 0 unspecified atom stereocenters. The number of methoxy groups -OCH3 is 1. The predicted octanol–water partition coefficient (Wildman–Crippen LogP) is 3.59. The summed E-state index contributed by atoms with van der Waals surface area (Å²) in [4.78, 5) is 9.03. The lowest BCUT2D eigenvalue weighted by Crippen LogP contribution is -1.99. The molecule has 0 fully saturated rings. The molecule has 2 aromatic carbocycles. The predicted molar refractivity (Wildman–Crippen MR) is 89.8 cm³/mol. The second-order valence-corrected chi connectivity index (χ2v) is 5.07. The molecule has 3 aromatic rings. The Balaban J connectivity index is 2.15. The molecule has 0 bridgehead atoms. The minimum absolute atomic E-state index is 0.580. The van der Waals surface area contributed by atoms with Gasteiger partial charge in [-0.3, -0.25) is 0 Å². The summed E-state index contributed by atoms with van der Waals surface area (Å²) in [6.07, 6.45) is 0. The van der Waals surface area contributed by atoms with Gasteiger partial charge in [-0.25, -0.2) is 9.97 Å². The number of nitrogens with two attached hydrogens (primary N) is 1. The average Bonchev–Trinajstić information content (AvgIpc) is 2.53. The minimum atomic E-state index is 0.580. The number of ether oxygens (including phenoxy) is 1. The third-order valence-corrected chi connectivity index (χ3v) is 3.58. The molecule has 3 rings (SSSR count). The molecule has 0 saturated heterocycles. The number of aromatic nitrogens is 2. The van der Waals surface area contributed by atoms with E-state index >= 15 is 0 Å². The molecule has 0 amide bonds. The van der Waals surface area contributed by atoms with Crippen molar-refractivity contribution >= 4 is 22.2 Å². The number of para-hydroxylation sites is 1. The van der Waals surface area contributed by atoms with E-state index in [1.807, 2.05) is 49.4 Å². The summed E-state index contributed by atoms with van der Waals surface area (Å²) in [6.45, 7) is 6.08. The molecule has 0 aliphatic heterocycles. The zero-order valence-corrected chi connectivity index (χ0v) is 12.6. The quantitative estimate of drug-likeness (QED) is 0.749. The van der Waals surface area contributed by atoms with Crippen molar-refractivity contribution in [3.63, 3.8) is 0 Å². The number of fused-ring (bicyclic) bond motifs is 1. The lowest BCUT2D eigenvalue weighted by atomic mass is 10.00. The molecular weight excluding hydrogens is 274 g/mol. The third-order valence-electron chi connectivity index (χ3n) is 3.58. The highest BCUT2D eigenvalue weighted by molar-refractivity contribution is 5.94. The van der Waals surface area contributed by atoms with Gasteiger partial charge < -0.3 is 10.5 Å². The van der Waals surface area contributed by atoms with Crippen molar-refractivity contribution in [1.29, 1.82) is 0 Å².